The standard InChI is InChI=1S/C16H21Cl2N3/c1-3-15-14(16(4-2)21(20-15)6-5-19)9-11-7-12(17)10-13(18)8-11/h7-8,10H,3-6,9,19H2,1-2H3. The largest absolute Gasteiger partial charge is 0.329 e. The van der Waals surface area contributed by atoms with Crippen LogP contribution in [0.25, 0.3) is 0 Å². The summed E-state index contributed by atoms with van der Waals surface area (Å²) in [7, 11) is 0. The average molecular weight is 326 g/mol. The van der Waals surface area contributed by atoms with Gasteiger partial charge in [0, 0.05) is 34.3 Å². The number of aromatic nitrogens is 2. The summed E-state index contributed by atoms with van der Waals surface area (Å²) < 4.78 is 2.04. The first kappa shape index (κ1) is 16.3. The van der Waals surface area contributed by atoms with E-state index in [2.05, 4.69) is 13.8 Å². The van der Waals surface area contributed by atoms with Crippen molar-refractivity contribution in [1.82, 2.24) is 9.78 Å². The molecular formula is C16H21Cl2N3. The van der Waals surface area contributed by atoms with Crippen LogP contribution >= 0.6 is 23.2 Å². The molecule has 21 heavy (non-hydrogen) atoms. The fourth-order valence-corrected chi connectivity index (χ4v) is 3.27. The van der Waals surface area contributed by atoms with E-state index in [0.29, 0.717) is 16.6 Å². The summed E-state index contributed by atoms with van der Waals surface area (Å²) in [6, 6.07) is 5.69. The number of hydrogen-bond donors (Lipinski definition) is 1. The Morgan fingerprint density at radius 1 is 1.10 bits per heavy atom. The summed E-state index contributed by atoms with van der Waals surface area (Å²) in [6.45, 7) is 5.63. The Hall–Kier alpha value is -1.03. The minimum atomic E-state index is 0.597. The van der Waals surface area contributed by atoms with Gasteiger partial charge in [0.05, 0.1) is 12.2 Å². The summed E-state index contributed by atoms with van der Waals surface area (Å²) in [6.07, 6.45) is 2.65. The Morgan fingerprint density at radius 3 is 2.29 bits per heavy atom. The zero-order valence-electron chi connectivity index (χ0n) is 12.5. The number of aryl methyl sites for hydroxylation is 1. The Bertz CT molecular complexity index is 600. The molecule has 0 unspecified atom stereocenters. The molecule has 2 rings (SSSR count). The lowest BCUT2D eigenvalue weighted by Crippen LogP contribution is -2.13. The SMILES string of the molecule is CCc1nn(CCN)c(CC)c1Cc1cc(Cl)cc(Cl)c1. The molecule has 0 fully saturated rings. The molecule has 1 aromatic heterocycles. The maximum absolute atomic E-state index is 6.10. The van der Waals surface area contributed by atoms with Crippen LogP contribution in [0.3, 0.4) is 0 Å². The van der Waals surface area contributed by atoms with Gasteiger partial charge in [-0.2, -0.15) is 5.10 Å². The molecule has 0 atom stereocenters. The van der Waals surface area contributed by atoms with Crippen molar-refractivity contribution in [3.63, 3.8) is 0 Å². The van der Waals surface area contributed by atoms with Crippen LogP contribution in [0, 0.1) is 0 Å². The van der Waals surface area contributed by atoms with E-state index in [1.54, 1.807) is 6.07 Å². The fourth-order valence-electron chi connectivity index (χ4n) is 2.70. The van der Waals surface area contributed by atoms with E-state index >= 15 is 0 Å². The second kappa shape index (κ2) is 7.30. The van der Waals surface area contributed by atoms with Crippen molar-refractivity contribution in [2.45, 2.75) is 39.7 Å². The highest BCUT2D eigenvalue weighted by Gasteiger charge is 2.15. The first-order valence-corrected chi connectivity index (χ1v) is 8.07. The molecule has 2 aromatic rings. The minimum Gasteiger partial charge on any atom is -0.329 e. The van der Waals surface area contributed by atoms with E-state index in [0.717, 1.165) is 37.1 Å². The van der Waals surface area contributed by atoms with Gasteiger partial charge in [-0.3, -0.25) is 4.68 Å². The third-order valence-corrected chi connectivity index (χ3v) is 4.00. The maximum Gasteiger partial charge on any atom is 0.0660 e. The summed E-state index contributed by atoms with van der Waals surface area (Å²) in [4.78, 5) is 0. The van der Waals surface area contributed by atoms with Crippen molar-refractivity contribution in [2.75, 3.05) is 6.54 Å². The van der Waals surface area contributed by atoms with Gasteiger partial charge in [0.25, 0.3) is 0 Å². The Morgan fingerprint density at radius 2 is 1.76 bits per heavy atom. The number of nitrogens with zero attached hydrogens (tertiary/aromatic N) is 2. The van der Waals surface area contributed by atoms with E-state index in [-0.39, 0.29) is 0 Å². The maximum atomic E-state index is 6.10. The Kier molecular flexibility index (Phi) is 5.68. The van der Waals surface area contributed by atoms with E-state index < -0.39 is 0 Å². The van der Waals surface area contributed by atoms with Gasteiger partial charge in [-0.25, -0.2) is 0 Å². The van der Waals surface area contributed by atoms with Crippen LogP contribution in [-0.2, 0) is 25.8 Å². The zero-order valence-corrected chi connectivity index (χ0v) is 14.0. The molecule has 0 amide bonds. The predicted octanol–water partition coefficient (Wildman–Crippen LogP) is 3.86. The number of halogens is 2. The van der Waals surface area contributed by atoms with Gasteiger partial charge in [-0.05, 0) is 36.6 Å². The van der Waals surface area contributed by atoms with Crippen LogP contribution in [0.15, 0.2) is 18.2 Å². The van der Waals surface area contributed by atoms with Crippen molar-refractivity contribution in [3.8, 4) is 0 Å². The minimum absolute atomic E-state index is 0.597. The van der Waals surface area contributed by atoms with E-state index in [1.807, 2.05) is 16.8 Å². The molecule has 0 aliphatic carbocycles. The molecular weight excluding hydrogens is 305 g/mol. The van der Waals surface area contributed by atoms with Crippen molar-refractivity contribution in [2.24, 2.45) is 5.73 Å². The molecule has 114 valence electrons. The molecule has 5 heteroatoms. The molecule has 2 N–H and O–H groups in total. The summed E-state index contributed by atoms with van der Waals surface area (Å²) in [5, 5.41) is 6.04. The van der Waals surface area contributed by atoms with Crippen LogP contribution < -0.4 is 5.73 Å². The Balaban J connectivity index is 2.41. The van der Waals surface area contributed by atoms with E-state index in [9.17, 15) is 0 Å². The lowest BCUT2D eigenvalue weighted by atomic mass is 10.0. The summed E-state index contributed by atoms with van der Waals surface area (Å²) >= 11 is 12.2. The third kappa shape index (κ3) is 3.79. The van der Waals surface area contributed by atoms with Crippen molar-refractivity contribution >= 4 is 23.2 Å². The van der Waals surface area contributed by atoms with E-state index in [1.165, 1.54) is 11.3 Å². The third-order valence-electron chi connectivity index (χ3n) is 3.56. The van der Waals surface area contributed by atoms with Crippen molar-refractivity contribution in [3.05, 3.63) is 50.8 Å². The highest BCUT2D eigenvalue weighted by molar-refractivity contribution is 6.34. The van der Waals surface area contributed by atoms with Gasteiger partial charge >= 0.3 is 0 Å². The molecule has 0 spiro atoms. The molecule has 0 radical (unpaired) electrons. The lowest BCUT2D eigenvalue weighted by molar-refractivity contribution is 0.589. The van der Waals surface area contributed by atoms with Gasteiger partial charge in [-0.15, -0.1) is 0 Å². The van der Waals surface area contributed by atoms with Gasteiger partial charge in [0.2, 0.25) is 0 Å². The molecule has 0 aliphatic rings. The van der Waals surface area contributed by atoms with Crippen molar-refractivity contribution in [1.29, 1.82) is 0 Å². The fraction of sp³-hybridized carbons (Fsp3) is 0.438. The molecule has 0 bridgehead atoms. The second-order valence-electron chi connectivity index (χ2n) is 5.05. The first-order chi connectivity index (χ1) is 10.1. The Labute approximate surface area is 136 Å². The number of hydrogen-bond acceptors (Lipinski definition) is 2. The van der Waals surface area contributed by atoms with E-state index in [4.69, 9.17) is 34.0 Å². The lowest BCUT2D eigenvalue weighted by Gasteiger charge is -2.08. The summed E-state index contributed by atoms with van der Waals surface area (Å²) in [5.74, 6) is 0. The number of nitrogens with two attached hydrogens (primary N) is 1. The van der Waals surface area contributed by atoms with Gasteiger partial charge in [0.1, 0.15) is 0 Å². The molecule has 0 saturated heterocycles. The monoisotopic (exact) mass is 325 g/mol. The van der Waals surface area contributed by atoms with Crippen LogP contribution in [0.2, 0.25) is 10.0 Å². The van der Waals surface area contributed by atoms with Crippen LogP contribution in [0.5, 0.6) is 0 Å². The van der Waals surface area contributed by atoms with Crippen molar-refractivity contribution < 1.29 is 0 Å². The van der Waals surface area contributed by atoms with Crippen LogP contribution in [0.1, 0.15) is 36.4 Å². The topological polar surface area (TPSA) is 43.8 Å². The molecule has 1 heterocycles. The first-order valence-electron chi connectivity index (χ1n) is 7.31. The number of rotatable bonds is 6. The van der Waals surface area contributed by atoms with Gasteiger partial charge in [0.15, 0.2) is 0 Å². The second-order valence-corrected chi connectivity index (χ2v) is 5.92. The van der Waals surface area contributed by atoms with Gasteiger partial charge in [-0.1, -0.05) is 37.0 Å². The smallest absolute Gasteiger partial charge is 0.0660 e. The number of benzene rings is 1. The molecule has 1 aromatic carbocycles. The summed E-state index contributed by atoms with van der Waals surface area (Å²) in [5.41, 5.74) is 10.5. The highest BCUT2D eigenvalue weighted by atomic mass is 35.5. The predicted molar refractivity (Wildman–Crippen MR) is 89.3 cm³/mol. The van der Waals surface area contributed by atoms with Gasteiger partial charge < -0.3 is 5.73 Å². The zero-order chi connectivity index (χ0) is 15.4. The quantitative estimate of drug-likeness (QED) is 0.876. The van der Waals surface area contributed by atoms with Crippen LogP contribution in [0.4, 0.5) is 0 Å². The normalized spacial score (nSPS) is 11.1. The average Bonchev–Trinajstić information content (AvgIpc) is 2.75. The highest BCUT2D eigenvalue weighted by Crippen LogP contribution is 2.24. The molecule has 3 nitrogen and oxygen atoms in total. The molecule has 0 aliphatic heterocycles. The van der Waals surface area contributed by atoms with Crippen LogP contribution in [-0.4, -0.2) is 16.3 Å². The molecule has 0 saturated carbocycles.